The van der Waals surface area contributed by atoms with Gasteiger partial charge in [0.15, 0.2) is 0 Å². The van der Waals surface area contributed by atoms with Crippen molar-refractivity contribution >= 4 is 22.8 Å². The highest BCUT2D eigenvalue weighted by Gasteiger charge is 2.38. The van der Waals surface area contributed by atoms with Gasteiger partial charge in [0.1, 0.15) is 6.04 Å². The number of rotatable bonds is 6. The summed E-state index contributed by atoms with van der Waals surface area (Å²) in [4.78, 5) is 42.2. The summed E-state index contributed by atoms with van der Waals surface area (Å²) >= 11 is 0. The first-order valence-electron chi connectivity index (χ1n) is 10.2. The van der Waals surface area contributed by atoms with Crippen LogP contribution in [0.4, 0.5) is 13.2 Å². The molecule has 31 heavy (non-hydrogen) atoms. The number of alkyl halides is 3. The van der Waals surface area contributed by atoms with Gasteiger partial charge in [-0.3, -0.25) is 19.0 Å². The number of halogens is 3. The van der Waals surface area contributed by atoms with E-state index in [2.05, 4.69) is 10.3 Å². The summed E-state index contributed by atoms with van der Waals surface area (Å²) in [5, 5.41) is 2.66. The minimum Gasteiger partial charge on any atom is -0.354 e. The molecular formula is C21H25F3N4O3. The fraction of sp³-hybridized carbons (Fsp3) is 0.524. The summed E-state index contributed by atoms with van der Waals surface area (Å²) in [6, 6.07) is 1.88. The molecule has 1 aliphatic rings. The molecule has 0 aliphatic carbocycles. The first-order valence-corrected chi connectivity index (χ1v) is 10.2. The van der Waals surface area contributed by atoms with Crippen LogP contribution in [-0.4, -0.2) is 45.9 Å². The van der Waals surface area contributed by atoms with Crippen LogP contribution in [0, 0.1) is 13.8 Å². The van der Waals surface area contributed by atoms with Crippen LogP contribution in [0.3, 0.4) is 0 Å². The Hall–Kier alpha value is -2.91. The van der Waals surface area contributed by atoms with E-state index in [1.54, 1.807) is 24.8 Å². The number of aromatic nitrogens is 2. The van der Waals surface area contributed by atoms with Gasteiger partial charge in [-0.25, -0.2) is 4.98 Å². The second-order valence-electron chi connectivity index (χ2n) is 7.86. The van der Waals surface area contributed by atoms with E-state index in [1.807, 2.05) is 0 Å². The minimum atomic E-state index is -4.94. The third-order valence-electron chi connectivity index (χ3n) is 5.61. The molecule has 0 spiro atoms. The Morgan fingerprint density at radius 1 is 1.23 bits per heavy atom. The van der Waals surface area contributed by atoms with E-state index in [4.69, 9.17) is 0 Å². The SMILES string of the molecule is Cc1cc2nc(C(F)(F)F)c(=O)n(C(C)C(=O)NCCCN3CCCC3=O)c2cc1C. The molecule has 0 saturated carbocycles. The molecule has 1 saturated heterocycles. The Labute approximate surface area is 177 Å². The van der Waals surface area contributed by atoms with E-state index in [1.165, 1.54) is 13.0 Å². The second kappa shape index (κ2) is 8.68. The van der Waals surface area contributed by atoms with Crippen molar-refractivity contribution in [2.45, 2.75) is 52.3 Å². The number of hydrogen-bond acceptors (Lipinski definition) is 4. The Balaban J connectivity index is 1.86. The van der Waals surface area contributed by atoms with Crippen molar-refractivity contribution in [2.75, 3.05) is 19.6 Å². The van der Waals surface area contributed by atoms with Gasteiger partial charge in [0.25, 0.3) is 5.56 Å². The number of fused-ring (bicyclic) bond motifs is 1. The van der Waals surface area contributed by atoms with E-state index in [-0.39, 0.29) is 23.5 Å². The van der Waals surface area contributed by atoms with Crippen molar-refractivity contribution < 1.29 is 22.8 Å². The van der Waals surface area contributed by atoms with Crippen LogP contribution >= 0.6 is 0 Å². The number of nitrogens with one attached hydrogen (secondary N) is 1. The van der Waals surface area contributed by atoms with Gasteiger partial charge < -0.3 is 10.2 Å². The van der Waals surface area contributed by atoms with Gasteiger partial charge in [-0.2, -0.15) is 13.2 Å². The van der Waals surface area contributed by atoms with E-state index in [0.717, 1.165) is 22.1 Å². The van der Waals surface area contributed by atoms with Crippen LogP contribution < -0.4 is 10.9 Å². The zero-order valence-electron chi connectivity index (χ0n) is 17.7. The third kappa shape index (κ3) is 4.72. The van der Waals surface area contributed by atoms with Crippen LogP contribution in [0.25, 0.3) is 11.0 Å². The predicted molar refractivity (Wildman–Crippen MR) is 109 cm³/mol. The van der Waals surface area contributed by atoms with Gasteiger partial charge >= 0.3 is 6.18 Å². The summed E-state index contributed by atoms with van der Waals surface area (Å²) < 4.78 is 41.1. The number of carbonyl (C=O) groups excluding carboxylic acids is 2. The summed E-state index contributed by atoms with van der Waals surface area (Å²) in [5.41, 5.74) is -1.23. The molecule has 1 unspecified atom stereocenters. The normalized spacial score (nSPS) is 15.5. The lowest BCUT2D eigenvalue weighted by Crippen LogP contribution is -2.40. The third-order valence-corrected chi connectivity index (χ3v) is 5.61. The quantitative estimate of drug-likeness (QED) is 0.703. The summed E-state index contributed by atoms with van der Waals surface area (Å²) in [6.07, 6.45) is -3.07. The molecule has 0 radical (unpaired) electrons. The smallest absolute Gasteiger partial charge is 0.354 e. The van der Waals surface area contributed by atoms with Crippen LogP contribution in [0.2, 0.25) is 0 Å². The molecule has 1 aromatic carbocycles. The molecule has 0 bridgehead atoms. The Bertz CT molecular complexity index is 1080. The van der Waals surface area contributed by atoms with Crippen LogP contribution in [-0.2, 0) is 15.8 Å². The van der Waals surface area contributed by atoms with E-state index < -0.39 is 29.4 Å². The highest BCUT2D eigenvalue weighted by molar-refractivity contribution is 5.84. The van der Waals surface area contributed by atoms with E-state index in [9.17, 15) is 27.6 Å². The van der Waals surface area contributed by atoms with Gasteiger partial charge in [0.05, 0.1) is 11.0 Å². The molecule has 2 heterocycles. The molecule has 168 valence electrons. The van der Waals surface area contributed by atoms with Crippen LogP contribution in [0.5, 0.6) is 0 Å². The maximum absolute atomic E-state index is 13.4. The van der Waals surface area contributed by atoms with Crippen molar-refractivity contribution in [2.24, 2.45) is 0 Å². The zero-order chi connectivity index (χ0) is 22.9. The van der Waals surface area contributed by atoms with E-state index in [0.29, 0.717) is 25.9 Å². The van der Waals surface area contributed by atoms with Crippen molar-refractivity contribution in [1.82, 2.24) is 19.8 Å². The van der Waals surface area contributed by atoms with Crippen molar-refractivity contribution in [3.05, 3.63) is 39.3 Å². The number of likely N-dealkylation sites (tertiary alicyclic amines) is 1. The average molecular weight is 438 g/mol. The van der Waals surface area contributed by atoms with Gasteiger partial charge in [-0.05, 0) is 56.9 Å². The number of aryl methyl sites for hydroxylation is 2. The lowest BCUT2D eigenvalue weighted by Gasteiger charge is -2.20. The van der Waals surface area contributed by atoms with Crippen LogP contribution in [0.1, 0.15) is 49.0 Å². The van der Waals surface area contributed by atoms with Gasteiger partial charge in [-0.15, -0.1) is 0 Å². The highest BCUT2D eigenvalue weighted by Crippen LogP contribution is 2.28. The van der Waals surface area contributed by atoms with Gasteiger partial charge in [-0.1, -0.05) is 0 Å². The molecular weight excluding hydrogens is 413 g/mol. The predicted octanol–water partition coefficient (Wildman–Crippen LogP) is 2.72. The molecule has 2 aromatic rings. The van der Waals surface area contributed by atoms with Gasteiger partial charge in [0, 0.05) is 26.1 Å². The maximum atomic E-state index is 13.4. The van der Waals surface area contributed by atoms with Crippen LogP contribution in [0.15, 0.2) is 16.9 Å². The highest BCUT2D eigenvalue weighted by atomic mass is 19.4. The number of benzene rings is 1. The van der Waals surface area contributed by atoms with Crippen molar-refractivity contribution in [1.29, 1.82) is 0 Å². The molecule has 2 amide bonds. The topological polar surface area (TPSA) is 84.3 Å². The van der Waals surface area contributed by atoms with E-state index >= 15 is 0 Å². The Kier molecular flexibility index (Phi) is 6.38. The Morgan fingerprint density at radius 3 is 2.52 bits per heavy atom. The summed E-state index contributed by atoms with van der Waals surface area (Å²) in [5.74, 6) is -0.492. The lowest BCUT2D eigenvalue weighted by atomic mass is 10.1. The molecule has 3 rings (SSSR count). The molecule has 7 nitrogen and oxygen atoms in total. The number of carbonyl (C=O) groups is 2. The standard InChI is InChI=1S/C21H25F3N4O3/c1-12-10-15-16(11-13(12)2)28(20(31)18(26-15)21(22,23)24)14(3)19(30)25-7-5-9-27-8-4-6-17(27)29/h10-11,14H,4-9H2,1-3H3,(H,25,30). The number of hydrogen-bond donors (Lipinski definition) is 1. The number of amides is 2. The molecule has 1 aliphatic heterocycles. The maximum Gasteiger partial charge on any atom is 0.438 e. The largest absolute Gasteiger partial charge is 0.438 e. The lowest BCUT2D eigenvalue weighted by molar-refractivity contribution is -0.142. The average Bonchev–Trinajstić information content (AvgIpc) is 3.09. The summed E-state index contributed by atoms with van der Waals surface area (Å²) in [6.45, 7) is 6.33. The van der Waals surface area contributed by atoms with Gasteiger partial charge in [0.2, 0.25) is 17.5 Å². The monoisotopic (exact) mass is 438 g/mol. The minimum absolute atomic E-state index is 0.00206. The molecule has 1 atom stereocenters. The number of nitrogens with zero attached hydrogens (tertiary/aromatic N) is 3. The molecule has 1 fully saturated rings. The zero-order valence-corrected chi connectivity index (χ0v) is 17.7. The molecule has 10 heteroatoms. The second-order valence-corrected chi connectivity index (χ2v) is 7.86. The molecule has 1 N–H and O–H groups in total. The van der Waals surface area contributed by atoms with Crippen molar-refractivity contribution in [3.63, 3.8) is 0 Å². The summed E-state index contributed by atoms with van der Waals surface area (Å²) in [7, 11) is 0. The first-order chi connectivity index (χ1) is 14.5. The molecule has 1 aromatic heterocycles. The first kappa shape index (κ1) is 22.8. The van der Waals surface area contributed by atoms with Crippen molar-refractivity contribution in [3.8, 4) is 0 Å². The fourth-order valence-electron chi connectivity index (χ4n) is 3.72. The Morgan fingerprint density at radius 2 is 1.90 bits per heavy atom. The fourth-order valence-corrected chi connectivity index (χ4v) is 3.72.